The van der Waals surface area contributed by atoms with Crippen molar-refractivity contribution in [1.82, 2.24) is 5.32 Å². The molecule has 2 aliphatic rings. The molecule has 3 heteroatoms. The number of nitrogens with one attached hydrogen (secondary N) is 1. The molecule has 1 saturated carbocycles. The van der Waals surface area contributed by atoms with Gasteiger partial charge in [0.05, 0.1) is 11.3 Å². The van der Waals surface area contributed by atoms with E-state index in [1.807, 2.05) is 0 Å². The number of hydrogen-bond acceptors (Lipinski definition) is 3. The monoisotopic (exact) mass is 283 g/mol. The van der Waals surface area contributed by atoms with Gasteiger partial charge in [-0.3, -0.25) is 0 Å². The average molecular weight is 283 g/mol. The zero-order chi connectivity index (χ0) is 14.7. The van der Waals surface area contributed by atoms with E-state index in [4.69, 9.17) is 0 Å². The summed E-state index contributed by atoms with van der Waals surface area (Å²) in [7, 11) is 0. The third kappa shape index (κ3) is 3.77. The van der Waals surface area contributed by atoms with Gasteiger partial charge in [-0.25, -0.2) is 0 Å². The second-order valence-electron chi connectivity index (χ2n) is 6.64. The first-order valence-corrected chi connectivity index (χ1v) is 8.27. The lowest BCUT2D eigenvalue weighted by molar-refractivity contribution is 0.521. The van der Waals surface area contributed by atoms with Gasteiger partial charge in [-0.15, -0.1) is 0 Å². The van der Waals surface area contributed by atoms with Crippen molar-refractivity contribution in [2.24, 2.45) is 5.92 Å². The van der Waals surface area contributed by atoms with Crippen molar-refractivity contribution < 1.29 is 0 Å². The van der Waals surface area contributed by atoms with Gasteiger partial charge in [0.15, 0.2) is 0 Å². The van der Waals surface area contributed by atoms with Gasteiger partial charge in [0.25, 0.3) is 0 Å². The zero-order valence-electron chi connectivity index (χ0n) is 12.9. The van der Waals surface area contributed by atoms with Crippen LogP contribution >= 0.6 is 0 Å². The van der Waals surface area contributed by atoms with Crippen molar-refractivity contribution in [3.63, 3.8) is 0 Å². The van der Waals surface area contributed by atoms with Crippen molar-refractivity contribution in [3.05, 3.63) is 29.3 Å². The van der Waals surface area contributed by atoms with E-state index in [9.17, 15) is 5.26 Å². The minimum atomic E-state index is 0.710. The number of hydrogen-bond donors (Lipinski definition) is 1. The number of anilines is 1. The van der Waals surface area contributed by atoms with Crippen LogP contribution in [0.5, 0.6) is 0 Å². The molecule has 1 atom stereocenters. The van der Waals surface area contributed by atoms with Crippen LogP contribution in [0.2, 0.25) is 0 Å². The van der Waals surface area contributed by atoms with Gasteiger partial charge in [0.1, 0.15) is 6.07 Å². The summed E-state index contributed by atoms with van der Waals surface area (Å²) >= 11 is 0. The van der Waals surface area contributed by atoms with E-state index < -0.39 is 0 Å². The van der Waals surface area contributed by atoms with Gasteiger partial charge in [-0.2, -0.15) is 5.26 Å². The first kappa shape index (κ1) is 14.4. The Morgan fingerprint density at radius 2 is 2.10 bits per heavy atom. The fraction of sp³-hybridized carbons (Fsp3) is 0.611. The molecule has 1 unspecified atom stereocenters. The summed E-state index contributed by atoms with van der Waals surface area (Å²) in [6, 6.07) is 9.51. The van der Waals surface area contributed by atoms with Crippen LogP contribution in [-0.4, -0.2) is 19.1 Å². The number of nitrogens with zero attached hydrogens (tertiary/aromatic N) is 2. The lowest BCUT2D eigenvalue weighted by Crippen LogP contribution is -2.25. The molecule has 1 aliphatic heterocycles. The van der Waals surface area contributed by atoms with Crippen LogP contribution in [0.25, 0.3) is 0 Å². The van der Waals surface area contributed by atoms with Crippen molar-refractivity contribution in [1.29, 1.82) is 5.26 Å². The molecule has 0 amide bonds. The topological polar surface area (TPSA) is 39.1 Å². The molecule has 0 spiro atoms. The average Bonchev–Trinajstić information content (AvgIpc) is 3.33. The number of benzene rings is 1. The molecule has 1 heterocycles. The molecular weight excluding hydrogens is 258 g/mol. The molecule has 0 bridgehead atoms. The van der Waals surface area contributed by atoms with Crippen LogP contribution in [0.3, 0.4) is 0 Å². The third-order valence-corrected chi connectivity index (χ3v) is 4.71. The van der Waals surface area contributed by atoms with Crippen LogP contribution in [-0.2, 0) is 6.54 Å². The van der Waals surface area contributed by atoms with Gasteiger partial charge >= 0.3 is 0 Å². The number of rotatable bonds is 4. The molecule has 3 rings (SSSR count). The van der Waals surface area contributed by atoms with Gasteiger partial charge < -0.3 is 10.2 Å². The first-order valence-electron chi connectivity index (χ1n) is 8.27. The molecule has 3 nitrogen and oxygen atoms in total. The lowest BCUT2D eigenvalue weighted by Gasteiger charge is -2.24. The van der Waals surface area contributed by atoms with E-state index in [0.29, 0.717) is 6.04 Å². The van der Waals surface area contributed by atoms with E-state index in [2.05, 4.69) is 41.4 Å². The molecule has 0 aromatic heterocycles. The zero-order valence-corrected chi connectivity index (χ0v) is 12.9. The fourth-order valence-corrected chi connectivity index (χ4v) is 3.11. The van der Waals surface area contributed by atoms with Crippen molar-refractivity contribution >= 4 is 5.69 Å². The molecule has 21 heavy (non-hydrogen) atoms. The molecule has 112 valence electrons. The third-order valence-electron chi connectivity index (χ3n) is 4.71. The summed E-state index contributed by atoms with van der Waals surface area (Å²) in [5.74, 6) is 0.808. The van der Waals surface area contributed by atoms with E-state index in [0.717, 1.165) is 36.8 Å². The maximum Gasteiger partial charge on any atom is 0.101 e. The van der Waals surface area contributed by atoms with Gasteiger partial charge in [0.2, 0.25) is 0 Å². The molecule has 1 saturated heterocycles. The summed E-state index contributed by atoms with van der Waals surface area (Å²) in [4.78, 5) is 2.40. The highest BCUT2D eigenvalue weighted by molar-refractivity contribution is 5.60. The second-order valence-corrected chi connectivity index (χ2v) is 6.64. The smallest absolute Gasteiger partial charge is 0.101 e. The molecule has 0 radical (unpaired) electrons. The summed E-state index contributed by atoms with van der Waals surface area (Å²) in [6.07, 6.45) is 6.37. The summed E-state index contributed by atoms with van der Waals surface area (Å²) in [6.45, 7) is 5.38. The van der Waals surface area contributed by atoms with Gasteiger partial charge in [-0.1, -0.05) is 13.0 Å². The van der Waals surface area contributed by atoms with Gasteiger partial charge in [0, 0.05) is 25.7 Å². The molecular formula is C18H25N3. The van der Waals surface area contributed by atoms with Gasteiger partial charge in [-0.05, 0) is 55.7 Å². The Balaban J connectivity index is 1.72. The Morgan fingerprint density at radius 1 is 1.24 bits per heavy atom. The Kier molecular flexibility index (Phi) is 4.45. The first-order chi connectivity index (χ1) is 10.3. The molecule has 1 aromatic rings. The highest BCUT2D eigenvalue weighted by Gasteiger charge is 2.20. The van der Waals surface area contributed by atoms with E-state index >= 15 is 0 Å². The predicted octanol–water partition coefficient (Wildman–Crippen LogP) is 3.44. The van der Waals surface area contributed by atoms with Crippen LogP contribution in [0.15, 0.2) is 18.2 Å². The van der Waals surface area contributed by atoms with E-state index in [-0.39, 0.29) is 0 Å². The largest absolute Gasteiger partial charge is 0.370 e. The maximum atomic E-state index is 9.49. The van der Waals surface area contributed by atoms with Crippen LogP contribution < -0.4 is 10.2 Å². The lowest BCUT2D eigenvalue weighted by atomic mass is 10.0. The second kappa shape index (κ2) is 6.49. The molecule has 1 N–H and O–H groups in total. The quantitative estimate of drug-likeness (QED) is 0.920. The summed E-state index contributed by atoms with van der Waals surface area (Å²) in [5, 5.41) is 13.0. The molecule has 2 fully saturated rings. The fourth-order valence-electron chi connectivity index (χ4n) is 3.11. The van der Waals surface area contributed by atoms with Crippen molar-refractivity contribution in [3.8, 4) is 6.07 Å². The highest BCUT2D eigenvalue weighted by atomic mass is 15.1. The van der Waals surface area contributed by atoms with Crippen LogP contribution in [0.4, 0.5) is 5.69 Å². The minimum absolute atomic E-state index is 0.710. The number of nitriles is 1. The van der Waals surface area contributed by atoms with E-state index in [1.165, 1.54) is 37.7 Å². The normalized spacial score (nSPS) is 22.7. The highest BCUT2D eigenvalue weighted by Crippen LogP contribution is 2.26. The SMILES string of the molecule is CC1CCCN(c2ccc(CNC3CC3)cc2C#N)CC1. The van der Waals surface area contributed by atoms with E-state index in [1.54, 1.807) is 0 Å². The Labute approximate surface area is 128 Å². The summed E-state index contributed by atoms with van der Waals surface area (Å²) < 4.78 is 0. The Bertz CT molecular complexity index is 528. The Morgan fingerprint density at radius 3 is 2.86 bits per heavy atom. The molecule has 1 aliphatic carbocycles. The van der Waals surface area contributed by atoms with Crippen molar-refractivity contribution in [2.45, 2.75) is 51.6 Å². The van der Waals surface area contributed by atoms with Crippen molar-refractivity contribution in [2.75, 3.05) is 18.0 Å². The predicted molar refractivity (Wildman–Crippen MR) is 86.2 cm³/mol. The van der Waals surface area contributed by atoms with Crippen LogP contribution in [0, 0.1) is 17.2 Å². The minimum Gasteiger partial charge on any atom is -0.370 e. The Hall–Kier alpha value is -1.53. The molecule has 1 aromatic carbocycles. The standard InChI is InChI=1S/C18H25N3/c1-14-3-2-9-21(10-8-14)18-7-4-15(11-16(18)12-19)13-20-17-5-6-17/h4,7,11,14,17,20H,2-3,5-6,8-10,13H2,1H3. The maximum absolute atomic E-state index is 9.49. The summed E-state index contributed by atoms with van der Waals surface area (Å²) in [5.41, 5.74) is 3.19. The van der Waals surface area contributed by atoms with Crippen LogP contribution in [0.1, 0.15) is 50.2 Å².